The Hall–Kier alpha value is -1.85. The van der Waals surface area contributed by atoms with Crippen LogP contribution in [-0.4, -0.2) is 34.4 Å². The molecule has 0 aromatic carbocycles. The summed E-state index contributed by atoms with van der Waals surface area (Å²) in [6, 6.07) is 1.50. The molecule has 1 atom stereocenters. The summed E-state index contributed by atoms with van der Waals surface area (Å²) in [5.74, 6) is -0.610. The van der Waals surface area contributed by atoms with Crippen LogP contribution in [0.15, 0.2) is 17.1 Å². The second-order valence-corrected chi connectivity index (χ2v) is 4.36. The van der Waals surface area contributed by atoms with Gasteiger partial charge < -0.3 is 10.0 Å². The summed E-state index contributed by atoms with van der Waals surface area (Å²) in [5, 5.41) is 14.9. The summed E-state index contributed by atoms with van der Waals surface area (Å²) in [6.45, 7) is 1.53. The van der Waals surface area contributed by atoms with Gasteiger partial charge in [-0.3, -0.25) is 9.59 Å². The molecule has 2 heterocycles. The first kappa shape index (κ1) is 11.6. The number of carboxylic acids is 1. The van der Waals surface area contributed by atoms with Crippen LogP contribution in [0, 0.1) is 5.92 Å². The second-order valence-electron chi connectivity index (χ2n) is 4.36. The van der Waals surface area contributed by atoms with Crippen LogP contribution in [0.25, 0.3) is 0 Å². The standard InChI is InChI=1S/C11H15N3O3/c15-10-5-9(6-12-13-10)14-3-1-2-8(7-14)4-11(16)17/h5-6,8H,1-4,7H2,(H,13,15)(H,16,17)/t8-/m1/s1. The minimum Gasteiger partial charge on any atom is -0.481 e. The molecule has 1 saturated heterocycles. The smallest absolute Gasteiger partial charge is 0.303 e. The van der Waals surface area contributed by atoms with Crippen LogP contribution in [-0.2, 0) is 4.79 Å². The minimum atomic E-state index is -0.763. The summed E-state index contributed by atoms with van der Waals surface area (Å²) in [7, 11) is 0. The number of anilines is 1. The molecule has 1 aromatic heterocycles. The van der Waals surface area contributed by atoms with Gasteiger partial charge in [0, 0.05) is 25.6 Å². The first-order chi connectivity index (χ1) is 8.15. The molecule has 2 N–H and O–H groups in total. The third-order valence-corrected chi connectivity index (χ3v) is 3.00. The predicted octanol–water partition coefficient (Wildman–Crippen LogP) is 0.461. The van der Waals surface area contributed by atoms with Crippen molar-refractivity contribution in [2.45, 2.75) is 19.3 Å². The topological polar surface area (TPSA) is 86.3 Å². The molecule has 6 nitrogen and oxygen atoms in total. The second kappa shape index (κ2) is 4.99. The van der Waals surface area contributed by atoms with Gasteiger partial charge in [-0.1, -0.05) is 0 Å². The van der Waals surface area contributed by atoms with Crippen molar-refractivity contribution in [1.29, 1.82) is 0 Å². The molecular weight excluding hydrogens is 222 g/mol. The number of aromatic nitrogens is 2. The van der Waals surface area contributed by atoms with Gasteiger partial charge in [0.15, 0.2) is 0 Å². The van der Waals surface area contributed by atoms with E-state index >= 15 is 0 Å². The zero-order valence-corrected chi connectivity index (χ0v) is 9.43. The maximum Gasteiger partial charge on any atom is 0.303 e. The van der Waals surface area contributed by atoms with Crippen molar-refractivity contribution < 1.29 is 9.90 Å². The molecule has 0 bridgehead atoms. The van der Waals surface area contributed by atoms with E-state index < -0.39 is 5.97 Å². The third-order valence-electron chi connectivity index (χ3n) is 3.00. The molecule has 0 spiro atoms. The van der Waals surface area contributed by atoms with Gasteiger partial charge in [0.05, 0.1) is 11.9 Å². The van der Waals surface area contributed by atoms with E-state index in [0.717, 1.165) is 25.1 Å². The van der Waals surface area contributed by atoms with Crippen LogP contribution in [0.4, 0.5) is 5.69 Å². The summed E-state index contributed by atoms with van der Waals surface area (Å²) in [5.41, 5.74) is 0.534. The number of aliphatic carboxylic acids is 1. The Bertz CT molecular complexity index is 457. The molecule has 0 amide bonds. The lowest BCUT2D eigenvalue weighted by molar-refractivity contribution is -0.138. The molecule has 2 rings (SSSR count). The van der Waals surface area contributed by atoms with Crippen LogP contribution in [0.2, 0.25) is 0 Å². The van der Waals surface area contributed by atoms with Crippen LogP contribution in [0.3, 0.4) is 0 Å². The van der Waals surface area contributed by atoms with Gasteiger partial charge in [0.2, 0.25) is 0 Å². The van der Waals surface area contributed by atoms with Gasteiger partial charge >= 0.3 is 5.97 Å². The molecular formula is C11H15N3O3. The quantitative estimate of drug-likeness (QED) is 0.797. The zero-order chi connectivity index (χ0) is 12.3. The highest BCUT2D eigenvalue weighted by molar-refractivity contribution is 5.67. The lowest BCUT2D eigenvalue weighted by atomic mass is 9.94. The molecule has 92 valence electrons. The first-order valence-corrected chi connectivity index (χ1v) is 5.66. The number of nitrogens with zero attached hydrogens (tertiary/aromatic N) is 2. The summed E-state index contributed by atoms with van der Waals surface area (Å²) >= 11 is 0. The number of aromatic amines is 1. The maximum atomic E-state index is 11.2. The van der Waals surface area contributed by atoms with Gasteiger partial charge in [-0.25, -0.2) is 5.10 Å². The van der Waals surface area contributed by atoms with E-state index in [0.29, 0.717) is 6.54 Å². The van der Waals surface area contributed by atoms with E-state index in [-0.39, 0.29) is 17.9 Å². The minimum absolute atomic E-state index is 0.153. The fourth-order valence-electron chi connectivity index (χ4n) is 2.25. The van der Waals surface area contributed by atoms with Gasteiger partial charge in [-0.2, -0.15) is 5.10 Å². The molecule has 17 heavy (non-hydrogen) atoms. The van der Waals surface area contributed by atoms with E-state index in [9.17, 15) is 9.59 Å². The SMILES string of the molecule is O=C(O)C[C@H]1CCCN(c2cn[nH]c(=O)c2)C1. The average Bonchev–Trinajstić information content (AvgIpc) is 2.28. The monoisotopic (exact) mass is 237 g/mol. The van der Waals surface area contributed by atoms with E-state index in [1.165, 1.54) is 6.07 Å². The Morgan fingerprint density at radius 3 is 3.18 bits per heavy atom. The number of nitrogens with one attached hydrogen (secondary N) is 1. The molecule has 0 saturated carbocycles. The molecule has 0 radical (unpaired) electrons. The average molecular weight is 237 g/mol. The maximum absolute atomic E-state index is 11.2. The van der Waals surface area contributed by atoms with Crippen molar-refractivity contribution in [3.8, 4) is 0 Å². The fraction of sp³-hybridized carbons (Fsp3) is 0.545. The molecule has 6 heteroatoms. The normalized spacial score (nSPS) is 20.2. The van der Waals surface area contributed by atoms with Gasteiger partial charge in [-0.05, 0) is 18.8 Å². The summed E-state index contributed by atoms with van der Waals surface area (Å²) in [4.78, 5) is 23.9. The van der Waals surface area contributed by atoms with Crippen LogP contribution in [0.5, 0.6) is 0 Å². The Morgan fingerprint density at radius 2 is 2.47 bits per heavy atom. The Morgan fingerprint density at radius 1 is 1.65 bits per heavy atom. The van der Waals surface area contributed by atoms with Crippen molar-refractivity contribution in [1.82, 2.24) is 10.2 Å². The summed E-state index contributed by atoms with van der Waals surface area (Å²) in [6.07, 6.45) is 3.67. The van der Waals surface area contributed by atoms with Gasteiger partial charge in [0.1, 0.15) is 0 Å². The highest BCUT2D eigenvalue weighted by Gasteiger charge is 2.22. The number of carbonyl (C=O) groups is 1. The van der Waals surface area contributed by atoms with Crippen LogP contribution >= 0.6 is 0 Å². The molecule has 1 aromatic rings. The number of piperidine rings is 1. The molecule has 1 aliphatic heterocycles. The van der Waals surface area contributed by atoms with Crippen LogP contribution in [0.1, 0.15) is 19.3 Å². The predicted molar refractivity (Wildman–Crippen MR) is 62.0 cm³/mol. The largest absolute Gasteiger partial charge is 0.481 e. The van der Waals surface area contributed by atoms with E-state index in [1.54, 1.807) is 6.20 Å². The fourth-order valence-corrected chi connectivity index (χ4v) is 2.25. The highest BCUT2D eigenvalue weighted by Crippen LogP contribution is 2.23. The first-order valence-electron chi connectivity index (χ1n) is 5.66. The Kier molecular flexibility index (Phi) is 3.41. The number of rotatable bonds is 3. The summed E-state index contributed by atoms with van der Waals surface area (Å²) < 4.78 is 0. The van der Waals surface area contributed by atoms with Crippen molar-refractivity contribution in [2.24, 2.45) is 5.92 Å². The number of H-pyrrole nitrogens is 1. The third kappa shape index (κ3) is 3.05. The zero-order valence-electron chi connectivity index (χ0n) is 9.43. The number of hydrogen-bond acceptors (Lipinski definition) is 4. The number of hydrogen-bond donors (Lipinski definition) is 2. The van der Waals surface area contributed by atoms with Crippen molar-refractivity contribution >= 4 is 11.7 Å². The number of carboxylic acid groups (broad SMARTS) is 1. The van der Waals surface area contributed by atoms with Gasteiger partial charge in [-0.15, -0.1) is 0 Å². The molecule has 0 unspecified atom stereocenters. The van der Waals surface area contributed by atoms with Crippen molar-refractivity contribution in [3.05, 3.63) is 22.6 Å². The van der Waals surface area contributed by atoms with E-state index in [1.807, 2.05) is 4.90 Å². The lowest BCUT2D eigenvalue weighted by Gasteiger charge is -2.33. The lowest BCUT2D eigenvalue weighted by Crippen LogP contribution is -2.36. The molecule has 1 fully saturated rings. The molecule has 0 aliphatic carbocycles. The van der Waals surface area contributed by atoms with Crippen molar-refractivity contribution in [3.63, 3.8) is 0 Å². The Labute approximate surface area is 98.3 Å². The van der Waals surface area contributed by atoms with E-state index in [4.69, 9.17) is 5.11 Å². The van der Waals surface area contributed by atoms with Crippen LogP contribution < -0.4 is 10.5 Å². The Balaban J connectivity index is 2.06. The van der Waals surface area contributed by atoms with Crippen molar-refractivity contribution in [2.75, 3.05) is 18.0 Å². The van der Waals surface area contributed by atoms with E-state index in [2.05, 4.69) is 10.2 Å². The highest BCUT2D eigenvalue weighted by atomic mass is 16.4. The molecule has 1 aliphatic rings. The van der Waals surface area contributed by atoms with Gasteiger partial charge in [0.25, 0.3) is 5.56 Å².